The zero-order valence-corrected chi connectivity index (χ0v) is 17.7. The van der Waals surface area contributed by atoms with Crippen LogP contribution >= 0.6 is 23.1 Å². The molecule has 0 atom stereocenters. The third-order valence-electron chi connectivity index (χ3n) is 4.08. The van der Waals surface area contributed by atoms with Gasteiger partial charge in [-0.05, 0) is 43.3 Å². The van der Waals surface area contributed by atoms with Gasteiger partial charge in [0.05, 0.1) is 30.7 Å². The highest BCUT2D eigenvalue weighted by molar-refractivity contribution is 7.99. The van der Waals surface area contributed by atoms with Crippen molar-refractivity contribution < 1.29 is 13.6 Å². The summed E-state index contributed by atoms with van der Waals surface area (Å²) in [5.41, 5.74) is 1.60. The minimum Gasteiger partial charge on any atom is -0.467 e. The van der Waals surface area contributed by atoms with Gasteiger partial charge in [-0.15, -0.1) is 21.5 Å². The van der Waals surface area contributed by atoms with E-state index in [0.29, 0.717) is 29.0 Å². The Morgan fingerprint density at radius 1 is 1.27 bits per heavy atom. The fourth-order valence-electron chi connectivity index (χ4n) is 2.70. The summed E-state index contributed by atoms with van der Waals surface area (Å²) >= 11 is 2.81. The number of thiazole rings is 1. The first kappa shape index (κ1) is 20.3. The average Bonchev–Trinajstić information content (AvgIpc) is 3.46. The van der Waals surface area contributed by atoms with Gasteiger partial charge < -0.3 is 9.73 Å². The monoisotopic (exact) mass is 443 g/mol. The van der Waals surface area contributed by atoms with Crippen LogP contribution < -0.4 is 5.32 Å². The maximum atomic E-state index is 13.1. The van der Waals surface area contributed by atoms with E-state index in [1.807, 2.05) is 22.1 Å². The van der Waals surface area contributed by atoms with Crippen LogP contribution in [-0.2, 0) is 17.8 Å². The van der Waals surface area contributed by atoms with Crippen molar-refractivity contribution in [2.45, 2.75) is 25.0 Å². The number of hydrogen-bond acceptors (Lipinski definition) is 8. The maximum absolute atomic E-state index is 13.1. The molecule has 7 nitrogen and oxygen atoms in total. The molecular weight excluding hydrogens is 425 g/mol. The molecule has 30 heavy (non-hydrogen) atoms. The van der Waals surface area contributed by atoms with Gasteiger partial charge in [-0.25, -0.2) is 9.37 Å². The van der Waals surface area contributed by atoms with Gasteiger partial charge in [-0.3, -0.25) is 9.36 Å². The number of anilines is 2. The molecule has 0 saturated heterocycles. The van der Waals surface area contributed by atoms with Crippen molar-refractivity contribution >= 4 is 39.7 Å². The lowest BCUT2D eigenvalue weighted by Crippen LogP contribution is -2.08. The summed E-state index contributed by atoms with van der Waals surface area (Å²) in [5.74, 6) is 1.63. The van der Waals surface area contributed by atoms with E-state index in [1.54, 1.807) is 25.3 Å². The minimum absolute atomic E-state index is 0.0742. The standard InChI is InChI=1S/C20H18FN5O2S2/c1-13(27)11-30-20-25-24-18(26(20)10-17-3-2-8-28-17)9-16-12-29-19(23-16)22-15-6-4-14(21)5-7-15/h2-8,12H,9-11H2,1H3,(H,22,23). The van der Waals surface area contributed by atoms with Crippen molar-refractivity contribution in [2.75, 3.05) is 11.1 Å². The second-order valence-electron chi connectivity index (χ2n) is 6.51. The normalized spacial score (nSPS) is 11.0. The first-order valence-corrected chi connectivity index (χ1v) is 11.0. The van der Waals surface area contributed by atoms with Gasteiger partial charge >= 0.3 is 0 Å². The average molecular weight is 444 g/mol. The summed E-state index contributed by atoms with van der Waals surface area (Å²) in [6, 6.07) is 9.83. The number of rotatable bonds is 9. The summed E-state index contributed by atoms with van der Waals surface area (Å²) in [6.45, 7) is 2.02. The number of nitrogens with one attached hydrogen (secondary N) is 1. The molecule has 0 fully saturated rings. The Bertz CT molecular complexity index is 1120. The maximum Gasteiger partial charge on any atom is 0.192 e. The van der Waals surface area contributed by atoms with Crippen molar-refractivity contribution in [1.82, 2.24) is 19.7 Å². The van der Waals surface area contributed by atoms with Gasteiger partial charge in [0.15, 0.2) is 10.3 Å². The number of aromatic nitrogens is 4. The highest BCUT2D eigenvalue weighted by Gasteiger charge is 2.16. The Kier molecular flexibility index (Phi) is 6.24. The lowest BCUT2D eigenvalue weighted by atomic mass is 10.3. The van der Waals surface area contributed by atoms with Crippen molar-refractivity contribution in [3.8, 4) is 0 Å². The smallest absolute Gasteiger partial charge is 0.192 e. The van der Waals surface area contributed by atoms with E-state index in [-0.39, 0.29) is 11.6 Å². The lowest BCUT2D eigenvalue weighted by molar-refractivity contribution is -0.114. The molecule has 0 bridgehead atoms. The Morgan fingerprint density at radius 3 is 2.83 bits per heavy atom. The molecule has 0 spiro atoms. The number of benzene rings is 1. The number of thioether (sulfide) groups is 1. The number of ketones is 1. The zero-order valence-electron chi connectivity index (χ0n) is 16.0. The first-order valence-electron chi connectivity index (χ1n) is 9.10. The number of halogens is 1. The molecule has 0 aliphatic rings. The molecule has 0 unspecified atom stereocenters. The Morgan fingerprint density at radius 2 is 2.10 bits per heavy atom. The molecule has 0 aliphatic heterocycles. The van der Waals surface area contributed by atoms with Crippen LogP contribution in [0.25, 0.3) is 0 Å². The van der Waals surface area contributed by atoms with E-state index in [9.17, 15) is 9.18 Å². The van der Waals surface area contributed by atoms with Crippen molar-refractivity contribution in [2.24, 2.45) is 0 Å². The van der Waals surface area contributed by atoms with E-state index in [2.05, 4.69) is 20.5 Å². The molecular formula is C20H18FN5O2S2. The van der Waals surface area contributed by atoms with Gasteiger partial charge in [-0.1, -0.05) is 11.8 Å². The second-order valence-corrected chi connectivity index (χ2v) is 8.31. The quantitative estimate of drug-likeness (QED) is 0.380. The van der Waals surface area contributed by atoms with Gasteiger partial charge in [0, 0.05) is 11.1 Å². The fourth-order valence-corrected chi connectivity index (χ4v) is 4.19. The van der Waals surface area contributed by atoms with E-state index in [0.717, 1.165) is 23.0 Å². The SMILES string of the molecule is CC(=O)CSc1nnc(Cc2csc(Nc3ccc(F)cc3)n2)n1Cc1ccco1. The molecule has 3 heterocycles. The second kappa shape index (κ2) is 9.23. The fraction of sp³-hybridized carbons (Fsp3) is 0.200. The molecule has 0 radical (unpaired) electrons. The molecule has 0 aliphatic carbocycles. The van der Waals surface area contributed by atoms with Crippen molar-refractivity contribution in [3.63, 3.8) is 0 Å². The van der Waals surface area contributed by atoms with Crippen molar-refractivity contribution in [3.05, 3.63) is 71.1 Å². The molecule has 1 aromatic carbocycles. The summed E-state index contributed by atoms with van der Waals surface area (Å²) < 4.78 is 20.5. The van der Waals surface area contributed by atoms with Crippen LogP contribution in [0.5, 0.6) is 0 Å². The molecule has 4 aromatic rings. The largest absolute Gasteiger partial charge is 0.467 e. The molecule has 154 valence electrons. The molecule has 3 aromatic heterocycles. The lowest BCUT2D eigenvalue weighted by Gasteiger charge is -2.07. The predicted molar refractivity (Wildman–Crippen MR) is 114 cm³/mol. The third kappa shape index (κ3) is 5.14. The van der Waals surface area contributed by atoms with Crippen LogP contribution in [0.2, 0.25) is 0 Å². The highest BCUT2D eigenvalue weighted by Crippen LogP contribution is 2.24. The van der Waals surface area contributed by atoms with Crippen LogP contribution in [0.15, 0.2) is 57.6 Å². The Labute approximate surface area is 180 Å². The molecule has 0 amide bonds. The Balaban J connectivity index is 1.51. The van der Waals surface area contributed by atoms with E-state index >= 15 is 0 Å². The number of nitrogens with zero attached hydrogens (tertiary/aromatic N) is 4. The number of Topliss-reactive ketones (excluding diaryl/α,β-unsaturated/α-hetero) is 1. The van der Waals surface area contributed by atoms with Crippen molar-refractivity contribution in [1.29, 1.82) is 0 Å². The predicted octanol–water partition coefficient (Wildman–Crippen LogP) is 4.53. The summed E-state index contributed by atoms with van der Waals surface area (Å²) in [4.78, 5) is 16.0. The van der Waals surface area contributed by atoms with E-state index in [1.165, 1.54) is 35.2 Å². The van der Waals surface area contributed by atoms with Gasteiger partial charge in [0.1, 0.15) is 23.2 Å². The van der Waals surface area contributed by atoms with E-state index in [4.69, 9.17) is 4.42 Å². The number of furan rings is 1. The molecule has 0 saturated carbocycles. The Hall–Kier alpha value is -2.98. The topological polar surface area (TPSA) is 85.8 Å². The number of hydrogen-bond donors (Lipinski definition) is 1. The van der Waals surface area contributed by atoms with Crippen LogP contribution in [0.4, 0.5) is 15.2 Å². The summed E-state index contributed by atoms with van der Waals surface area (Å²) in [7, 11) is 0. The minimum atomic E-state index is -0.283. The third-order valence-corrected chi connectivity index (χ3v) is 6.00. The summed E-state index contributed by atoms with van der Waals surface area (Å²) in [6.07, 6.45) is 2.10. The summed E-state index contributed by atoms with van der Waals surface area (Å²) in [5, 5.41) is 15.1. The highest BCUT2D eigenvalue weighted by atomic mass is 32.2. The molecule has 4 rings (SSSR count). The van der Waals surface area contributed by atoms with Crippen LogP contribution in [-0.4, -0.2) is 31.3 Å². The van der Waals surface area contributed by atoms with Gasteiger partial charge in [-0.2, -0.15) is 0 Å². The van der Waals surface area contributed by atoms with Crippen LogP contribution in [0, 0.1) is 5.82 Å². The number of carbonyl (C=O) groups is 1. The molecule has 1 N–H and O–H groups in total. The zero-order chi connectivity index (χ0) is 20.9. The number of carbonyl (C=O) groups excluding carboxylic acids is 1. The van der Waals surface area contributed by atoms with Crippen LogP contribution in [0.1, 0.15) is 24.2 Å². The molecule has 10 heteroatoms. The van der Waals surface area contributed by atoms with Gasteiger partial charge in [0.2, 0.25) is 0 Å². The van der Waals surface area contributed by atoms with Crippen LogP contribution in [0.3, 0.4) is 0 Å². The van der Waals surface area contributed by atoms with Gasteiger partial charge in [0.25, 0.3) is 0 Å². The first-order chi connectivity index (χ1) is 14.6. The van der Waals surface area contributed by atoms with E-state index < -0.39 is 0 Å².